The maximum absolute atomic E-state index is 13.1. The molecule has 0 bridgehead atoms. The smallest absolute Gasteiger partial charge is 0.266 e. The van der Waals surface area contributed by atoms with Crippen molar-refractivity contribution in [3.63, 3.8) is 0 Å². The molecule has 0 saturated heterocycles. The van der Waals surface area contributed by atoms with Crippen LogP contribution in [0.5, 0.6) is 5.75 Å². The number of fused-ring (bicyclic) bond motifs is 1. The third-order valence-electron chi connectivity index (χ3n) is 3.43. The van der Waals surface area contributed by atoms with Crippen molar-refractivity contribution in [2.24, 2.45) is 0 Å². The average molecular weight is 314 g/mol. The van der Waals surface area contributed by atoms with Crippen molar-refractivity contribution in [1.82, 2.24) is 0 Å². The van der Waals surface area contributed by atoms with Crippen LogP contribution >= 0.6 is 0 Å². The molecule has 0 radical (unpaired) electrons. The predicted molar refractivity (Wildman–Crippen MR) is 83.9 cm³/mol. The molecular weight excluding hydrogens is 299 g/mol. The van der Waals surface area contributed by atoms with Crippen LogP contribution in [0.15, 0.2) is 42.5 Å². The van der Waals surface area contributed by atoms with Crippen molar-refractivity contribution in [2.75, 3.05) is 10.6 Å². The first-order chi connectivity index (χ1) is 11.0. The Balaban J connectivity index is 1.67. The van der Waals surface area contributed by atoms with Gasteiger partial charge in [-0.2, -0.15) is 0 Å². The normalized spacial score (nSPS) is 16.1. The Morgan fingerprint density at radius 3 is 2.91 bits per heavy atom. The maximum atomic E-state index is 13.1. The molecule has 0 saturated carbocycles. The van der Waals surface area contributed by atoms with Gasteiger partial charge in [-0.1, -0.05) is 12.1 Å². The molecule has 1 aliphatic heterocycles. The molecule has 2 amide bonds. The molecule has 2 aromatic carbocycles. The van der Waals surface area contributed by atoms with Crippen molar-refractivity contribution in [3.05, 3.63) is 53.8 Å². The predicted octanol–water partition coefficient (Wildman–Crippen LogP) is 2.86. The minimum Gasteiger partial charge on any atom is -0.478 e. The zero-order valence-corrected chi connectivity index (χ0v) is 12.4. The summed E-state index contributed by atoms with van der Waals surface area (Å²) in [4.78, 5) is 24.0. The van der Waals surface area contributed by atoms with Gasteiger partial charge in [0.25, 0.3) is 5.91 Å². The van der Waals surface area contributed by atoms with E-state index >= 15 is 0 Å². The fourth-order valence-electron chi connectivity index (χ4n) is 2.35. The van der Waals surface area contributed by atoms with Gasteiger partial charge in [0.2, 0.25) is 5.91 Å². The van der Waals surface area contributed by atoms with Gasteiger partial charge in [-0.15, -0.1) is 0 Å². The van der Waals surface area contributed by atoms with E-state index in [0.717, 1.165) is 5.56 Å². The van der Waals surface area contributed by atoms with Crippen LogP contribution < -0.4 is 15.4 Å². The first-order valence-corrected chi connectivity index (χ1v) is 7.15. The third-order valence-corrected chi connectivity index (χ3v) is 3.43. The lowest BCUT2D eigenvalue weighted by atomic mass is 10.1. The quantitative estimate of drug-likeness (QED) is 0.915. The summed E-state index contributed by atoms with van der Waals surface area (Å²) in [5.74, 6) is -0.721. The number of aryl methyl sites for hydroxylation is 1. The molecule has 0 aliphatic carbocycles. The van der Waals surface area contributed by atoms with Crippen LogP contribution in [-0.2, 0) is 9.59 Å². The fraction of sp³-hybridized carbons (Fsp3) is 0.176. The third kappa shape index (κ3) is 3.48. The van der Waals surface area contributed by atoms with E-state index in [1.54, 1.807) is 18.2 Å². The van der Waals surface area contributed by atoms with Gasteiger partial charge < -0.3 is 15.4 Å². The van der Waals surface area contributed by atoms with Crippen LogP contribution in [0.25, 0.3) is 0 Å². The lowest BCUT2D eigenvalue weighted by Gasteiger charge is -2.25. The van der Waals surface area contributed by atoms with E-state index in [9.17, 15) is 14.0 Å². The second-order valence-electron chi connectivity index (χ2n) is 5.36. The summed E-state index contributed by atoms with van der Waals surface area (Å²) in [5, 5.41) is 5.27. The fourth-order valence-corrected chi connectivity index (χ4v) is 2.35. The van der Waals surface area contributed by atoms with E-state index in [-0.39, 0.29) is 12.3 Å². The van der Waals surface area contributed by atoms with E-state index in [4.69, 9.17) is 4.74 Å². The lowest BCUT2D eigenvalue weighted by molar-refractivity contribution is -0.128. The summed E-state index contributed by atoms with van der Waals surface area (Å²) < 4.78 is 18.7. The van der Waals surface area contributed by atoms with Crippen LogP contribution in [0, 0.1) is 12.7 Å². The monoisotopic (exact) mass is 314 g/mol. The van der Waals surface area contributed by atoms with Crippen LogP contribution in [0.2, 0.25) is 0 Å². The van der Waals surface area contributed by atoms with E-state index in [1.165, 1.54) is 18.2 Å². The molecule has 0 spiro atoms. The first kappa shape index (κ1) is 15.0. The number of ether oxygens (including phenoxy) is 1. The Kier molecular flexibility index (Phi) is 3.97. The molecular formula is C17H15FN2O3. The molecule has 5 nitrogen and oxygen atoms in total. The van der Waals surface area contributed by atoms with Crippen molar-refractivity contribution in [1.29, 1.82) is 0 Å². The van der Waals surface area contributed by atoms with Crippen LogP contribution in [0.3, 0.4) is 0 Å². The van der Waals surface area contributed by atoms with Crippen LogP contribution in [0.4, 0.5) is 15.8 Å². The van der Waals surface area contributed by atoms with E-state index in [0.29, 0.717) is 17.1 Å². The van der Waals surface area contributed by atoms with E-state index in [2.05, 4.69) is 10.6 Å². The van der Waals surface area contributed by atoms with Gasteiger partial charge in [-0.25, -0.2) is 4.39 Å². The number of anilines is 2. The first-order valence-electron chi connectivity index (χ1n) is 7.15. The summed E-state index contributed by atoms with van der Waals surface area (Å²) in [6.45, 7) is 1.91. The van der Waals surface area contributed by atoms with Crippen molar-refractivity contribution in [2.45, 2.75) is 19.4 Å². The SMILES string of the molecule is Cc1ccc2c(c1)NC(=O)C(CC(=O)Nc1cccc(F)c1)O2. The van der Waals surface area contributed by atoms with E-state index in [1.807, 2.05) is 13.0 Å². The average Bonchev–Trinajstić information content (AvgIpc) is 2.48. The number of rotatable bonds is 3. The van der Waals surface area contributed by atoms with E-state index < -0.39 is 17.8 Å². The topological polar surface area (TPSA) is 67.4 Å². The molecule has 6 heteroatoms. The van der Waals surface area contributed by atoms with Gasteiger partial charge in [0.05, 0.1) is 12.1 Å². The molecule has 3 rings (SSSR count). The summed E-state index contributed by atoms with van der Waals surface area (Å²) >= 11 is 0. The Bertz CT molecular complexity index is 776. The molecule has 23 heavy (non-hydrogen) atoms. The number of halogens is 1. The summed E-state index contributed by atoms with van der Waals surface area (Å²) in [6, 6.07) is 11.0. The highest BCUT2D eigenvalue weighted by molar-refractivity contribution is 6.02. The molecule has 1 aliphatic rings. The Morgan fingerprint density at radius 2 is 2.13 bits per heavy atom. The molecule has 0 fully saturated rings. The Morgan fingerprint density at radius 1 is 1.30 bits per heavy atom. The van der Waals surface area contributed by atoms with Gasteiger partial charge in [0.1, 0.15) is 11.6 Å². The molecule has 1 atom stereocenters. The molecule has 118 valence electrons. The number of hydrogen-bond acceptors (Lipinski definition) is 3. The van der Waals surface area contributed by atoms with Crippen molar-refractivity contribution in [3.8, 4) is 5.75 Å². The van der Waals surface area contributed by atoms with Crippen molar-refractivity contribution >= 4 is 23.2 Å². The van der Waals surface area contributed by atoms with Gasteiger partial charge >= 0.3 is 0 Å². The Labute approximate surface area is 132 Å². The Hall–Kier alpha value is -2.89. The number of benzene rings is 2. The zero-order valence-electron chi connectivity index (χ0n) is 12.4. The molecule has 2 aromatic rings. The van der Waals surface area contributed by atoms with Crippen LogP contribution in [-0.4, -0.2) is 17.9 Å². The van der Waals surface area contributed by atoms with Gasteiger partial charge in [-0.05, 0) is 42.8 Å². The maximum Gasteiger partial charge on any atom is 0.266 e. The van der Waals surface area contributed by atoms with Gasteiger partial charge in [0, 0.05) is 5.69 Å². The minimum atomic E-state index is -0.918. The lowest BCUT2D eigenvalue weighted by Crippen LogP contribution is -2.39. The molecule has 1 unspecified atom stereocenters. The summed E-state index contributed by atoms with van der Waals surface area (Å²) in [6.07, 6.45) is -1.07. The van der Waals surface area contributed by atoms with Crippen molar-refractivity contribution < 1.29 is 18.7 Å². The number of amides is 2. The number of hydrogen-bond donors (Lipinski definition) is 2. The number of carbonyl (C=O) groups is 2. The number of nitrogens with one attached hydrogen (secondary N) is 2. The largest absolute Gasteiger partial charge is 0.478 e. The molecule has 2 N–H and O–H groups in total. The van der Waals surface area contributed by atoms with Gasteiger partial charge in [0.15, 0.2) is 6.10 Å². The zero-order chi connectivity index (χ0) is 16.4. The highest BCUT2D eigenvalue weighted by atomic mass is 19.1. The second kappa shape index (κ2) is 6.08. The van der Waals surface area contributed by atoms with Crippen LogP contribution in [0.1, 0.15) is 12.0 Å². The molecule has 0 aromatic heterocycles. The molecule has 1 heterocycles. The minimum absolute atomic E-state index is 0.157. The second-order valence-corrected chi connectivity index (χ2v) is 5.36. The number of carbonyl (C=O) groups excluding carboxylic acids is 2. The van der Waals surface area contributed by atoms with Gasteiger partial charge in [-0.3, -0.25) is 9.59 Å². The summed E-state index contributed by atoms with van der Waals surface area (Å²) in [5.41, 5.74) is 1.92. The standard InChI is InChI=1S/C17H15FN2O3/c1-10-5-6-14-13(7-10)20-17(22)15(23-14)9-16(21)19-12-4-2-3-11(18)8-12/h2-8,15H,9H2,1H3,(H,19,21)(H,20,22). The highest BCUT2D eigenvalue weighted by Crippen LogP contribution is 2.31. The highest BCUT2D eigenvalue weighted by Gasteiger charge is 2.29. The summed E-state index contributed by atoms with van der Waals surface area (Å²) in [7, 11) is 0.